The maximum absolute atomic E-state index is 11.9. The number of carbonyl (C=O) groups is 1. The monoisotopic (exact) mass is 344 g/mol. The number of alkyl carbamates (subject to hydrolysis) is 1. The van der Waals surface area contributed by atoms with Gasteiger partial charge in [-0.3, -0.25) is 0 Å². The van der Waals surface area contributed by atoms with E-state index in [4.69, 9.17) is 9.47 Å². The molecule has 1 aromatic rings. The number of para-hydroxylation sites is 1. The Morgan fingerprint density at radius 2 is 1.96 bits per heavy atom. The van der Waals surface area contributed by atoms with E-state index in [1.54, 1.807) is 14.0 Å². The molecule has 1 rings (SSSR count). The molecule has 0 atom stereocenters. The number of methoxy groups -OCH3 is 1. The van der Waals surface area contributed by atoms with Crippen molar-refractivity contribution in [3.05, 3.63) is 29.8 Å². The fraction of sp³-hybridized carbons (Fsp3) is 0.533. The zero-order valence-corrected chi connectivity index (χ0v) is 14.6. The third-order valence-electron chi connectivity index (χ3n) is 3.20. The van der Waals surface area contributed by atoms with E-state index < -0.39 is 16.1 Å². The van der Waals surface area contributed by atoms with E-state index >= 15 is 0 Å². The number of nitrogens with one attached hydrogen (secondary N) is 1. The van der Waals surface area contributed by atoms with Crippen molar-refractivity contribution in [2.24, 2.45) is 0 Å². The number of rotatable bonds is 9. The number of nitrogens with zero attached hydrogens (tertiary/aromatic N) is 1. The van der Waals surface area contributed by atoms with Crippen LogP contribution in [-0.4, -0.2) is 58.4 Å². The summed E-state index contributed by atoms with van der Waals surface area (Å²) in [5, 5.41) is 2.51. The van der Waals surface area contributed by atoms with Gasteiger partial charge in [0, 0.05) is 19.6 Å². The number of benzene rings is 1. The Hall–Kier alpha value is -1.80. The maximum atomic E-state index is 11.9. The molecule has 0 fully saturated rings. The Morgan fingerprint density at radius 3 is 2.57 bits per heavy atom. The normalized spacial score (nSPS) is 11.3. The zero-order chi connectivity index (χ0) is 17.3. The van der Waals surface area contributed by atoms with Gasteiger partial charge < -0.3 is 14.8 Å². The lowest BCUT2D eigenvalue weighted by Crippen LogP contribution is -2.39. The Labute approximate surface area is 137 Å². The Morgan fingerprint density at radius 1 is 1.26 bits per heavy atom. The van der Waals surface area contributed by atoms with Gasteiger partial charge in [-0.15, -0.1) is 0 Å². The molecule has 0 heterocycles. The molecule has 0 saturated carbocycles. The number of ether oxygens (including phenoxy) is 2. The summed E-state index contributed by atoms with van der Waals surface area (Å²) in [5.74, 6) is 0.727. The molecule has 0 spiro atoms. The minimum absolute atomic E-state index is 0.187. The van der Waals surface area contributed by atoms with Crippen molar-refractivity contribution in [3.63, 3.8) is 0 Å². The van der Waals surface area contributed by atoms with Crippen LogP contribution < -0.4 is 10.1 Å². The Kier molecular flexibility index (Phi) is 7.84. The van der Waals surface area contributed by atoms with Crippen LogP contribution in [0.5, 0.6) is 5.75 Å². The molecule has 130 valence electrons. The summed E-state index contributed by atoms with van der Waals surface area (Å²) in [7, 11) is -1.78. The average Bonchev–Trinajstić information content (AvgIpc) is 2.50. The highest BCUT2D eigenvalue weighted by Gasteiger charge is 2.17. The highest BCUT2D eigenvalue weighted by atomic mass is 32.2. The summed E-state index contributed by atoms with van der Waals surface area (Å²) in [6.07, 6.45) is 1.13. The Balaban J connectivity index is 2.60. The summed E-state index contributed by atoms with van der Waals surface area (Å²) in [5.41, 5.74) is 0.932. The van der Waals surface area contributed by atoms with Crippen molar-refractivity contribution in [1.82, 2.24) is 9.62 Å². The van der Waals surface area contributed by atoms with Gasteiger partial charge >= 0.3 is 6.09 Å². The molecule has 7 nitrogen and oxygen atoms in total. The van der Waals surface area contributed by atoms with Crippen molar-refractivity contribution >= 4 is 16.1 Å². The average molecular weight is 344 g/mol. The van der Waals surface area contributed by atoms with Crippen LogP contribution in [-0.2, 0) is 21.2 Å². The molecule has 0 unspecified atom stereocenters. The van der Waals surface area contributed by atoms with Crippen molar-refractivity contribution in [1.29, 1.82) is 0 Å². The van der Waals surface area contributed by atoms with Crippen LogP contribution in [0.4, 0.5) is 4.79 Å². The van der Waals surface area contributed by atoms with Crippen LogP contribution in [0.25, 0.3) is 0 Å². The summed E-state index contributed by atoms with van der Waals surface area (Å²) < 4.78 is 35.0. The van der Waals surface area contributed by atoms with Crippen LogP contribution in [0.1, 0.15) is 12.5 Å². The number of amides is 1. The van der Waals surface area contributed by atoms with Crippen LogP contribution >= 0.6 is 0 Å². The standard InChI is InChI=1S/C15H24N2O5S/c1-4-22-15(18)16-10-12-17(23(3,19)20)11-9-13-7-5-6-8-14(13)21-2/h5-8H,4,9-12H2,1-3H3,(H,16,18). The molecule has 1 amide bonds. The van der Waals surface area contributed by atoms with Gasteiger partial charge in [-0.25, -0.2) is 17.5 Å². The predicted molar refractivity (Wildman–Crippen MR) is 88.1 cm³/mol. The molecule has 23 heavy (non-hydrogen) atoms. The summed E-state index contributed by atoms with van der Waals surface area (Å²) in [6, 6.07) is 7.48. The molecule has 0 aliphatic rings. The quantitative estimate of drug-likeness (QED) is 0.729. The van der Waals surface area contributed by atoms with Crippen LogP contribution in [0.2, 0.25) is 0 Å². The van der Waals surface area contributed by atoms with Crippen LogP contribution in [0, 0.1) is 0 Å². The van der Waals surface area contributed by atoms with Gasteiger partial charge in [-0.05, 0) is 25.0 Å². The van der Waals surface area contributed by atoms with E-state index in [2.05, 4.69) is 5.32 Å². The highest BCUT2D eigenvalue weighted by Crippen LogP contribution is 2.18. The smallest absolute Gasteiger partial charge is 0.407 e. The summed E-state index contributed by atoms with van der Waals surface area (Å²) in [4.78, 5) is 11.2. The highest BCUT2D eigenvalue weighted by molar-refractivity contribution is 7.88. The van der Waals surface area contributed by atoms with Crippen molar-refractivity contribution in [2.75, 3.05) is 39.6 Å². The van der Waals surface area contributed by atoms with Gasteiger partial charge in [0.1, 0.15) is 5.75 Å². The summed E-state index contributed by atoms with van der Waals surface area (Å²) >= 11 is 0. The Bertz CT molecular complexity index is 604. The fourth-order valence-corrected chi connectivity index (χ4v) is 2.91. The lowest BCUT2D eigenvalue weighted by Gasteiger charge is -2.20. The third-order valence-corrected chi connectivity index (χ3v) is 4.50. The van der Waals surface area contributed by atoms with Crippen molar-refractivity contribution < 1.29 is 22.7 Å². The van der Waals surface area contributed by atoms with E-state index in [0.717, 1.165) is 17.6 Å². The topological polar surface area (TPSA) is 84.9 Å². The minimum atomic E-state index is -3.36. The second-order valence-corrected chi connectivity index (χ2v) is 6.85. The lowest BCUT2D eigenvalue weighted by atomic mass is 10.1. The van der Waals surface area contributed by atoms with Crippen LogP contribution in [0.3, 0.4) is 0 Å². The van der Waals surface area contributed by atoms with Gasteiger partial charge in [0.15, 0.2) is 0 Å². The molecule has 1 N–H and O–H groups in total. The van der Waals surface area contributed by atoms with E-state index in [-0.39, 0.29) is 19.7 Å². The first-order valence-electron chi connectivity index (χ1n) is 7.36. The minimum Gasteiger partial charge on any atom is -0.496 e. The predicted octanol–water partition coefficient (Wildman–Crippen LogP) is 1.25. The molecular weight excluding hydrogens is 320 g/mol. The van der Waals surface area contributed by atoms with Gasteiger partial charge in [0.2, 0.25) is 10.0 Å². The van der Waals surface area contributed by atoms with Gasteiger partial charge in [-0.1, -0.05) is 18.2 Å². The molecule has 0 aromatic heterocycles. The van der Waals surface area contributed by atoms with Gasteiger partial charge in [0.05, 0.1) is 20.0 Å². The van der Waals surface area contributed by atoms with Gasteiger partial charge in [0.25, 0.3) is 0 Å². The lowest BCUT2D eigenvalue weighted by molar-refractivity contribution is 0.151. The molecule has 1 aromatic carbocycles. The second kappa shape index (κ2) is 9.36. The second-order valence-electron chi connectivity index (χ2n) is 4.87. The molecule has 0 saturated heterocycles. The number of sulfonamides is 1. The van der Waals surface area contributed by atoms with Crippen LogP contribution in [0.15, 0.2) is 24.3 Å². The molecular formula is C15H24N2O5S. The molecule has 0 aliphatic heterocycles. The molecule has 0 aliphatic carbocycles. The van der Waals surface area contributed by atoms with E-state index in [1.807, 2.05) is 24.3 Å². The van der Waals surface area contributed by atoms with Crippen molar-refractivity contribution in [3.8, 4) is 5.75 Å². The number of carbonyl (C=O) groups excluding carboxylic acids is 1. The first-order chi connectivity index (χ1) is 10.9. The van der Waals surface area contributed by atoms with E-state index in [9.17, 15) is 13.2 Å². The number of hydrogen-bond donors (Lipinski definition) is 1. The number of hydrogen-bond acceptors (Lipinski definition) is 5. The zero-order valence-electron chi connectivity index (χ0n) is 13.7. The largest absolute Gasteiger partial charge is 0.496 e. The van der Waals surface area contributed by atoms with Crippen molar-refractivity contribution in [2.45, 2.75) is 13.3 Å². The third kappa shape index (κ3) is 6.87. The fourth-order valence-electron chi connectivity index (χ4n) is 2.06. The first kappa shape index (κ1) is 19.2. The maximum Gasteiger partial charge on any atom is 0.407 e. The molecule has 0 bridgehead atoms. The van der Waals surface area contributed by atoms with E-state index in [0.29, 0.717) is 13.0 Å². The SMILES string of the molecule is CCOC(=O)NCCN(CCc1ccccc1OC)S(C)(=O)=O. The summed E-state index contributed by atoms with van der Waals surface area (Å²) in [6.45, 7) is 2.67. The van der Waals surface area contributed by atoms with E-state index in [1.165, 1.54) is 4.31 Å². The van der Waals surface area contributed by atoms with Gasteiger partial charge in [-0.2, -0.15) is 0 Å². The first-order valence-corrected chi connectivity index (χ1v) is 9.21. The molecule has 0 radical (unpaired) electrons. The molecule has 8 heteroatoms.